The van der Waals surface area contributed by atoms with Crippen LogP contribution < -0.4 is 0 Å². The Hall–Kier alpha value is -8.91. The van der Waals surface area contributed by atoms with E-state index in [1.165, 1.54) is 18.1 Å². The van der Waals surface area contributed by atoms with E-state index in [2.05, 4.69) is 59.6 Å². The number of nitrogens with zero attached hydrogens (tertiary/aromatic N) is 13. The van der Waals surface area contributed by atoms with Crippen LogP contribution in [0.5, 0.6) is 0 Å². The molecule has 0 saturated carbocycles. The van der Waals surface area contributed by atoms with Gasteiger partial charge in [0.05, 0.1) is 76.1 Å². The summed E-state index contributed by atoms with van der Waals surface area (Å²) in [5.74, 6) is -0.540. The summed E-state index contributed by atoms with van der Waals surface area (Å²) in [6.07, 6.45) is 8.43. The summed E-state index contributed by atoms with van der Waals surface area (Å²) in [6.45, 7) is 4.44. The van der Waals surface area contributed by atoms with Crippen LogP contribution in [-0.2, 0) is 58.9 Å². The third-order valence-corrected chi connectivity index (χ3v) is 13.8. The number of ketones is 1. The third-order valence-electron chi connectivity index (χ3n) is 13.8. The number of aliphatic hydroxyl groups excluding tert-OH is 7. The van der Waals surface area contributed by atoms with Gasteiger partial charge in [-0.25, -0.2) is 0 Å². The van der Waals surface area contributed by atoms with Crippen LogP contribution >= 0.6 is 0 Å². The largest absolute Gasteiger partial charge is 0.394 e. The molecule has 0 saturated heterocycles. The van der Waals surface area contributed by atoms with Crippen LogP contribution in [0.15, 0.2) is 207 Å². The highest BCUT2D eigenvalue weighted by Gasteiger charge is 2.31. The van der Waals surface area contributed by atoms with Gasteiger partial charge in [0.2, 0.25) is 0 Å². The van der Waals surface area contributed by atoms with Gasteiger partial charge in [0, 0.05) is 140 Å². The Morgan fingerprint density at radius 3 is 0.921 bits per heavy atom. The zero-order valence-electron chi connectivity index (χ0n) is 49.7. The Morgan fingerprint density at radius 2 is 0.663 bits per heavy atom. The van der Waals surface area contributed by atoms with Gasteiger partial charge in [-0.2, -0.15) is 0 Å². The Labute approximate surface area is 518 Å². The fourth-order valence-corrected chi connectivity index (χ4v) is 9.12. The molecular weight excluding hydrogens is 1130 g/mol. The molecule has 5 atom stereocenters. The summed E-state index contributed by atoms with van der Waals surface area (Å²) >= 11 is 0. The number of carbonyl (C=O) groups is 2. The zero-order chi connectivity index (χ0) is 63.0. The van der Waals surface area contributed by atoms with E-state index in [1.54, 1.807) is 49.2 Å². The summed E-state index contributed by atoms with van der Waals surface area (Å²) in [4.78, 5) is 72.6. The minimum atomic E-state index is -1.76. The molecule has 9 rings (SSSR count). The third kappa shape index (κ3) is 23.9. The predicted molar refractivity (Wildman–Crippen MR) is 332 cm³/mol. The first-order valence-corrected chi connectivity index (χ1v) is 29.1. The van der Waals surface area contributed by atoms with Gasteiger partial charge in [0.25, 0.3) is 5.91 Å². The van der Waals surface area contributed by atoms with Crippen LogP contribution in [0.3, 0.4) is 0 Å². The molecule has 9 aromatic rings. The molecule has 0 aromatic carbocycles. The van der Waals surface area contributed by atoms with Crippen molar-refractivity contribution in [2.24, 2.45) is 0 Å². The Morgan fingerprint density at radius 1 is 0.371 bits per heavy atom. The Kier molecular flexibility index (Phi) is 28.1. The molecule has 0 aliphatic rings. The maximum atomic E-state index is 12.8. The first kappa shape index (κ1) is 67.6. The monoisotopic (exact) mass is 1210 g/mol. The number of amides is 1. The maximum Gasteiger partial charge on any atom is 0.255 e. The van der Waals surface area contributed by atoms with Gasteiger partial charge in [0.1, 0.15) is 24.4 Å². The number of hydrogen-bond acceptors (Lipinski definition) is 21. The van der Waals surface area contributed by atoms with Crippen LogP contribution in [0.2, 0.25) is 0 Å². The highest BCUT2D eigenvalue weighted by Crippen LogP contribution is 2.17. The molecule has 9 aromatic heterocycles. The first-order valence-electron chi connectivity index (χ1n) is 29.1. The molecule has 22 nitrogen and oxygen atoms in total. The second-order valence-electron chi connectivity index (χ2n) is 21.0. The van der Waals surface area contributed by atoms with Crippen molar-refractivity contribution in [3.63, 3.8) is 0 Å². The van der Waals surface area contributed by atoms with E-state index in [0.29, 0.717) is 44.8 Å². The minimum Gasteiger partial charge on any atom is -0.394 e. The zero-order valence-corrected chi connectivity index (χ0v) is 49.7. The van der Waals surface area contributed by atoms with Crippen LogP contribution in [-0.4, -0.2) is 169 Å². The summed E-state index contributed by atoms with van der Waals surface area (Å²) in [6, 6.07) is 48.2. The van der Waals surface area contributed by atoms with Crippen molar-refractivity contribution in [3.8, 4) is 0 Å². The summed E-state index contributed by atoms with van der Waals surface area (Å²) in [5.41, 5.74) is 9.25. The van der Waals surface area contributed by atoms with Crippen LogP contribution in [0.25, 0.3) is 0 Å². The normalized spacial score (nSPS) is 12.8. The molecule has 464 valence electrons. The molecule has 0 fully saturated rings. The van der Waals surface area contributed by atoms with E-state index in [1.807, 2.05) is 152 Å². The van der Waals surface area contributed by atoms with Gasteiger partial charge in [-0.3, -0.25) is 69.1 Å². The number of hydrogen-bond donors (Lipinski definition) is 7. The van der Waals surface area contributed by atoms with Gasteiger partial charge in [-0.15, -0.1) is 0 Å². The first-order chi connectivity index (χ1) is 43.3. The van der Waals surface area contributed by atoms with E-state index in [4.69, 9.17) is 10.2 Å². The molecule has 89 heavy (non-hydrogen) atoms. The second-order valence-corrected chi connectivity index (χ2v) is 21.0. The lowest BCUT2D eigenvalue weighted by molar-refractivity contribution is -0.117. The smallest absolute Gasteiger partial charge is 0.255 e. The highest BCUT2D eigenvalue weighted by atomic mass is 16.4. The Bertz CT molecular complexity index is 3200. The summed E-state index contributed by atoms with van der Waals surface area (Å²) < 4.78 is 0. The van der Waals surface area contributed by atoms with Crippen molar-refractivity contribution in [3.05, 3.63) is 270 Å². The maximum absolute atomic E-state index is 12.8. The number of Topliss-reactive ketones (excluding diaryl/α,β-unsaturated/α-hetero) is 1. The highest BCUT2D eigenvalue weighted by molar-refractivity contribution is 5.95. The fourth-order valence-electron chi connectivity index (χ4n) is 9.12. The van der Waals surface area contributed by atoms with Gasteiger partial charge < -0.3 is 40.6 Å². The Balaban J connectivity index is 0.000000196. The predicted octanol–water partition coefficient (Wildman–Crippen LogP) is 5.05. The van der Waals surface area contributed by atoms with Gasteiger partial charge in [-0.05, 0) is 116 Å². The van der Waals surface area contributed by atoms with Crippen molar-refractivity contribution >= 4 is 11.7 Å². The number of aromatic nitrogens is 9. The lowest BCUT2D eigenvalue weighted by Crippen LogP contribution is -2.50. The average Bonchev–Trinajstić information content (AvgIpc) is 3.74. The molecule has 0 aliphatic carbocycles. The fraction of sp³-hybridized carbons (Fsp3) is 0.299. The number of likely N-dealkylation sites (N-methyl/N-ethyl adjacent to an activating group) is 1. The number of rotatable bonds is 30. The summed E-state index contributed by atoms with van der Waals surface area (Å²) in [7, 11) is 1.43. The average molecular weight is 1210 g/mol. The van der Waals surface area contributed by atoms with Crippen molar-refractivity contribution in [1.29, 1.82) is 0 Å². The van der Waals surface area contributed by atoms with Crippen LogP contribution in [0.4, 0.5) is 0 Å². The van der Waals surface area contributed by atoms with E-state index in [9.17, 15) is 35.1 Å². The molecule has 1 amide bonds. The van der Waals surface area contributed by atoms with Crippen LogP contribution in [0, 0.1) is 0 Å². The van der Waals surface area contributed by atoms with E-state index < -0.39 is 43.0 Å². The molecule has 0 aliphatic heterocycles. The van der Waals surface area contributed by atoms with E-state index in [-0.39, 0.29) is 37.3 Å². The van der Waals surface area contributed by atoms with Crippen molar-refractivity contribution in [2.45, 2.75) is 102 Å². The van der Waals surface area contributed by atoms with Gasteiger partial charge in [0.15, 0.2) is 5.78 Å². The molecule has 0 radical (unpaired) electrons. The van der Waals surface area contributed by atoms with Crippen molar-refractivity contribution in [1.82, 2.24) is 64.5 Å². The van der Waals surface area contributed by atoms with Gasteiger partial charge in [-0.1, -0.05) is 42.5 Å². The summed E-state index contributed by atoms with van der Waals surface area (Å²) in [5, 5.41) is 66.5. The molecule has 7 N–H and O–H groups in total. The number of aliphatic hydroxyl groups is 7. The topological polar surface area (TPSA) is 305 Å². The minimum absolute atomic E-state index is 0.0969. The van der Waals surface area contributed by atoms with Crippen molar-refractivity contribution in [2.75, 3.05) is 26.8 Å². The molecule has 4 unspecified atom stereocenters. The molecule has 0 bridgehead atoms. The van der Waals surface area contributed by atoms with Gasteiger partial charge >= 0.3 is 0 Å². The lowest BCUT2D eigenvalue weighted by Gasteiger charge is -2.28. The molecule has 22 heteroatoms. The molecular formula is C67H77N13O9. The van der Waals surface area contributed by atoms with Crippen molar-refractivity contribution < 1.29 is 45.3 Å². The lowest BCUT2D eigenvalue weighted by atomic mass is 10.0. The molecule has 0 spiro atoms. The van der Waals surface area contributed by atoms with E-state index >= 15 is 0 Å². The molecule has 9 heterocycles. The second kappa shape index (κ2) is 37.1. The van der Waals surface area contributed by atoms with Crippen LogP contribution in [0.1, 0.15) is 84.8 Å². The number of pyridine rings is 9. The standard InChI is InChI=1S/C26H33N5O6.C23H26N4O3.C18H18N4/c1-30(16-22(33)24(35)25(36)23(34)17-32)26(37)18-8-9-21(29-12-18)15-31(13-19-6-2-4-10-27-19)14-20-7-3-5-11-28-20;28-17-22(29)9-10-23(30)18-7-8-21(26-13-18)16-27(14-19-5-1-3-11-24-19)15-20-6-2-4-12-25-20;1-4-10-19-16(7-1)13-22(14-17-8-2-5-11-20-17)15-18-9-3-6-12-21-18/h2-12,22-25,32-36H,13-17H2,1H3;1-8,11-13,22,28-29H,9-10,14-17H2;1-12H,13-15H2/t;22-;/m.1./s1. The van der Waals surface area contributed by atoms with E-state index in [0.717, 1.165) is 70.9 Å². The number of carbonyl (C=O) groups excluding carboxylic acids is 2. The SMILES string of the molecule is CN(CC(O)C(O)C(O)C(O)CO)C(=O)c1ccc(CN(Cc2ccccn2)Cc2ccccn2)nc1.O=C(CC[C@@H](O)CO)c1ccc(CN(Cc2ccccn2)Cc2ccccn2)nc1.c1ccc(CN(Cc2ccccn2)Cc2ccccn2)nc1. The quantitative estimate of drug-likeness (QED) is 0.0290.